The van der Waals surface area contributed by atoms with Crippen molar-refractivity contribution in [2.45, 2.75) is 19.3 Å². The van der Waals surface area contributed by atoms with Crippen molar-refractivity contribution in [3.8, 4) is 5.75 Å². The van der Waals surface area contributed by atoms with Gasteiger partial charge >= 0.3 is 0 Å². The van der Waals surface area contributed by atoms with Crippen molar-refractivity contribution in [1.82, 2.24) is 0 Å². The molecule has 0 saturated carbocycles. The van der Waals surface area contributed by atoms with Crippen molar-refractivity contribution in [2.75, 3.05) is 18.6 Å². The molecule has 4 nitrogen and oxygen atoms in total. The van der Waals surface area contributed by atoms with Gasteiger partial charge in [0.25, 0.3) is 0 Å². The van der Waals surface area contributed by atoms with E-state index in [1.165, 1.54) is 0 Å². The van der Waals surface area contributed by atoms with Crippen LogP contribution in [0, 0.1) is 0 Å². The Balaban J connectivity index is 2.36. The van der Waals surface area contributed by atoms with Crippen LogP contribution in [0.2, 0.25) is 0 Å². The fourth-order valence-electron chi connectivity index (χ4n) is 2.05. The first-order valence-electron chi connectivity index (χ1n) is 5.70. The number of hydrogen-bond acceptors (Lipinski definition) is 3. The number of aldehydes is 1. The highest BCUT2D eigenvalue weighted by Gasteiger charge is 2.22. The Labute approximate surface area is 100 Å². The molecule has 1 amide bonds. The van der Waals surface area contributed by atoms with Crippen LogP contribution in [0.5, 0.6) is 5.75 Å². The molecule has 0 radical (unpaired) electrons. The minimum atomic E-state index is 0.119. The molecular weight excluding hydrogens is 218 g/mol. The number of anilines is 1. The van der Waals surface area contributed by atoms with Gasteiger partial charge in [-0.3, -0.25) is 9.59 Å². The summed E-state index contributed by atoms with van der Waals surface area (Å²) in [5.74, 6) is 0.693. The highest BCUT2D eigenvalue weighted by molar-refractivity contribution is 5.96. The number of ether oxygens (including phenoxy) is 1. The van der Waals surface area contributed by atoms with Gasteiger partial charge in [-0.1, -0.05) is 0 Å². The molecule has 1 aromatic carbocycles. The lowest BCUT2D eigenvalue weighted by Crippen LogP contribution is -2.35. The summed E-state index contributed by atoms with van der Waals surface area (Å²) in [5.41, 5.74) is 1.30. The molecule has 0 bridgehead atoms. The van der Waals surface area contributed by atoms with E-state index < -0.39 is 0 Å². The number of carbonyl (C=O) groups excluding carboxylic acids is 2. The lowest BCUT2D eigenvalue weighted by Gasteiger charge is -2.28. The van der Waals surface area contributed by atoms with Gasteiger partial charge in [-0.2, -0.15) is 0 Å². The van der Waals surface area contributed by atoms with Crippen LogP contribution in [0.1, 0.15) is 29.6 Å². The number of hydrogen-bond donors (Lipinski definition) is 0. The van der Waals surface area contributed by atoms with Crippen molar-refractivity contribution in [1.29, 1.82) is 0 Å². The van der Waals surface area contributed by atoms with Gasteiger partial charge in [-0.05, 0) is 31.0 Å². The number of methoxy groups -OCH3 is 1. The average molecular weight is 233 g/mol. The Kier molecular flexibility index (Phi) is 3.42. The van der Waals surface area contributed by atoms with Crippen molar-refractivity contribution < 1.29 is 14.3 Å². The Morgan fingerprint density at radius 3 is 2.82 bits per heavy atom. The SMILES string of the molecule is COc1cc(C=O)ccc1N1CCCCC1=O. The first kappa shape index (κ1) is 11.6. The van der Waals surface area contributed by atoms with Crippen molar-refractivity contribution in [2.24, 2.45) is 0 Å². The van der Waals surface area contributed by atoms with E-state index in [4.69, 9.17) is 4.74 Å². The second kappa shape index (κ2) is 4.99. The van der Waals surface area contributed by atoms with E-state index >= 15 is 0 Å². The standard InChI is InChI=1S/C13H15NO3/c1-17-12-8-10(9-15)5-6-11(12)14-7-3-2-4-13(14)16/h5-6,8-9H,2-4,7H2,1H3. The molecule has 1 aromatic rings. The number of benzene rings is 1. The predicted molar refractivity (Wildman–Crippen MR) is 64.6 cm³/mol. The number of carbonyl (C=O) groups is 2. The van der Waals surface area contributed by atoms with Gasteiger partial charge in [0.1, 0.15) is 12.0 Å². The number of nitrogens with zero attached hydrogens (tertiary/aromatic N) is 1. The fraction of sp³-hybridized carbons (Fsp3) is 0.385. The molecule has 0 aliphatic carbocycles. The topological polar surface area (TPSA) is 46.6 Å². The fourth-order valence-corrected chi connectivity index (χ4v) is 2.05. The maximum atomic E-state index is 11.8. The summed E-state index contributed by atoms with van der Waals surface area (Å²) in [7, 11) is 1.54. The van der Waals surface area contributed by atoms with Gasteiger partial charge in [0.2, 0.25) is 5.91 Å². The maximum Gasteiger partial charge on any atom is 0.227 e. The summed E-state index contributed by atoms with van der Waals surface area (Å²) in [6.07, 6.45) is 3.30. The molecule has 0 N–H and O–H groups in total. The van der Waals surface area contributed by atoms with Crippen LogP contribution in [0.4, 0.5) is 5.69 Å². The van der Waals surface area contributed by atoms with Gasteiger partial charge in [0.15, 0.2) is 0 Å². The molecule has 4 heteroatoms. The molecular formula is C13H15NO3. The number of amides is 1. The van der Waals surface area contributed by atoms with E-state index in [0.717, 1.165) is 31.4 Å². The lowest BCUT2D eigenvalue weighted by atomic mass is 10.1. The number of rotatable bonds is 3. The summed E-state index contributed by atoms with van der Waals surface area (Å²) in [6.45, 7) is 0.718. The molecule has 0 unspecified atom stereocenters. The van der Waals surface area contributed by atoms with Gasteiger partial charge in [-0.25, -0.2) is 0 Å². The minimum Gasteiger partial charge on any atom is -0.495 e. The second-order valence-corrected chi connectivity index (χ2v) is 4.05. The van der Waals surface area contributed by atoms with Crippen LogP contribution in [0.15, 0.2) is 18.2 Å². The van der Waals surface area contributed by atoms with E-state index in [9.17, 15) is 9.59 Å². The van der Waals surface area contributed by atoms with Crippen LogP contribution in [-0.2, 0) is 4.79 Å². The van der Waals surface area contributed by atoms with Crippen molar-refractivity contribution in [3.05, 3.63) is 23.8 Å². The zero-order chi connectivity index (χ0) is 12.3. The largest absolute Gasteiger partial charge is 0.495 e. The molecule has 0 spiro atoms. The first-order valence-corrected chi connectivity index (χ1v) is 5.70. The summed E-state index contributed by atoms with van der Waals surface area (Å²) in [6, 6.07) is 5.13. The minimum absolute atomic E-state index is 0.119. The smallest absolute Gasteiger partial charge is 0.227 e. The molecule has 1 aliphatic heterocycles. The molecule has 0 atom stereocenters. The zero-order valence-corrected chi connectivity index (χ0v) is 9.81. The Bertz CT molecular complexity index is 442. The van der Waals surface area contributed by atoms with Gasteiger partial charge in [0.05, 0.1) is 12.8 Å². The molecule has 0 aromatic heterocycles. The summed E-state index contributed by atoms with van der Waals surface area (Å²) in [5, 5.41) is 0. The third-order valence-corrected chi connectivity index (χ3v) is 2.95. The van der Waals surface area contributed by atoms with E-state index in [-0.39, 0.29) is 5.91 Å². The normalized spacial score (nSPS) is 15.8. The van der Waals surface area contributed by atoms with Crippen molar-refractivity contribution in [3.63, 3.8) is 0 Å². The van der Waals surface area contributed by atoms with E-state index in [1.807, 2.05) is 0 Å². The molecule has 1 aliphatic rings. The summed E-state index contributed by atoms with van der Waals surface area (Å²) < 4.78 is 5.24. The summed E-state index contributed by atoms with van der Waals surface area (Å²) >= 11 is 0. The Morgan fingerprint density at radius 2 is 2.18 bits per heavy atom. The third-order valence-electron chi connectivity index (χ3n) is 2.95. The van der Waals surface area contributed by atoms with Crippen LogP contribution >= 0.6 is 0 Å². The molecule has 17 heavy (non-hydrogen) atoms. The molecule has 1 fully saturated rings. The quantitative estimate of drug-likeness (QED) is 0.750. The van der Waals surface area contributed by atoms with E-state index in [1.54, 1.807) is 30.2 Å². The zero-order valence-electron chi connectivity index (χ0n) is 9.81. The van der Waals surface area contributed by atoms with Crippen LogP contribution in [0.3, 0.4) is 0 Å². The molecule has 1 heterocycles. The highest BCUT2D eigenvalue weighted by Crippen LogP contribution is 2.31. The molecule has 1 saturated heterocycles. The lowest BCUT2D eigenvalue weighted by molar-refractivity contribution is -0.119. The molecule has 90 valence electrons. The Morgan fingerprint density at radius 1 is 1.35 bits per heavy atom. The monoisotopic (exact) mass is 233 g/mol. The first-order chi connectivity index (χ1) is 8.26. The van der Waals surface area contributed by atoms with E-state index in [0.29, 0.717) is 17.7 Å². The summed E-state index contributed by atoms with van der Waals surface area (Å²) in [4.78, 5) is 24.2. The predicted octanol–water partition coefficient (Wildman–Crippen LogP) is 2.02. The maximum absolute atomic E-state index is 11.8. The van der Waals surface area contributed by atoms with Crippen LogP contribution < -0.4 is 9.64 Å². The van der Waals surface area contributed by atoms with Crippen LogP contribution in [-0.4, -0.2) is 25.8 Å². The van der Waals surface area contributed by atoms with Crippen molar-refractivity contribution >= 4 is 17.9 Å². The van der Waals surface area contributed by atoms with Gasteiger partial charge in [-0.15, -0.1) is 0 Å². The van der Waals surface area contributed by atoms with Gasteiger partial charge in [0, 0.05) is 18.5 Å². The van der Waals surface area contributed by atoms with Gasteiger partial charge < -0.3 is 9.64 Å². The third kappa shape index (κ3) is 2.30. The molecule has 2 rings (SSSR count). The highest BCUT2D eigenvalue weighted by atomic mass is 16.5. The Hall–Kier alpha value is -1.84. The second-order valence-electron chi connectivity index (χ2n) is 4.05. The average Bonchev–Trinajstić information content (AvgIpc) is 2.38. The number of piperidine rings is 1. The van der Waals surface area contributed by atoms with Crippen LogP contribution in [0.25, 0.3) is 0 Å². The van der Waals surface area contributed by atoms with E-state index in [2.05, 4.69) is 0 Å².